The molecule has 0 saturated carbocycles. The van der Waals surface area contributed by atoms with E-state index in [0.717, 1.165) is 42.4 Å². The highest BCUT2D eigenvalue weighted by molar-refractivity contribution is 8.00. The van der Waals surface area contributed by atoms with Gasteiger partial charge in [0, 0.05) is 29.2 Å². The number of para-hydroxylation sites is 1. The number of likely N-dealkylation sites (N-methyl/N-ethyl adjacent to an activating group) is 1. The molecule has 0 spiro atoms. The first-order chi connectivity index (χ1) is 14.1. The van der Waals surface area contributed by atoms with Crippen molar-refractivity contribution in [2.75, 3.05) is 60.6 Å². The minimum atomic E-state index is -0.0792. The number of carbonyl (C=O) groups excluding carboxylic acids is 2. The van der Waals surface area contributed by atoms with Gasteiger partial charge >= 0.3 is 0 Å². The highest BCUT2D eigenvalue weighted by Crippen LogP contribution is 2.34. The summed E-state index contributed by atoms with van der Waals surface area (Å²) in [6.45, 7) is 4.80. The lowest BCUT2D eigenvalue weighted by Crippen LogP contribution is -3.12. The maximum absolute atomic E-state index is 12.4. The third kappa shape index (κ3) is 4.74. The molecule has 0 radical (unpaired) electrons. The standard InChI is InChI=1S/C22H26N4O2S/c1-24-12-14-25(15-13-24)18-8-6-17(7-9-18)23-21(27)10-11-26-19-4-2-3-5-20(19)29-16-22(26)28/h2-9H,10-16H2,1H3,(H,23,27)/p+1. The summed E-state index contributed by atoms with van der Waals surface area (Å²) < 4.78 is 0. The van der Waals surface area contributed by atoms with Gasteiger partial charge in [-0.1, -0.05) is 12.1 Å². The van der Waals surface area contributed by atoms with E-state index in [1.807, 2.05) is 36.4 Å². The predicted octanol–water partition coefficient (Wildman–Crippen LogP) is 1.49. The lowest BCUT2D eigenvalue weighted by Gasteiger charge is -2.31. The number of quaternary nitrogens is 1. The van der Waals surface area contributed by atoms with Gasteiger partial charge in [-0.2, -0.15) is 0 Å². The van der Waals surface area contributed by atoms with E-state index in [-0.39, 0.29) is 18.2 Å². The Morgan fingerprint density at radius 2 is 1.83 bits per heavy atom. The zero-order valence-corrected chi connectivity index (χ0v) is 17.5. The van der Waals surface area contributed by atoms with Crippen LogP contribution in [0.2, 0.25) is 0 Å². The molecule has 2 aliphatic rings. The average Bonchev–Trinajstić information content (AvgIpc) is 2.74. The Kier molecular flexibility index (Phi) is 6.06. The second-order valence-corrected chi connectivity index (χ2v) is 8.61. The van der Waals surface area contributed by atoms with Crippen molar-refractivity contribution < 1.29 is 14.5 Å². The van der Waals surface area contributed by atoms with E-state index >= 15 is 0 Å². The van der Waals surface area contributed by atoms with Crippen LogP contribution in [0.3, 0.4) is 0 Å². The number of carbonyl (C=O) groups is 2. The molecule has 6 nitrogen and oxygen atoms in total. The summed E-state index contributed by atoms with van der Waals surface area (Å²) in [6, 6.07) is 15.9. The lowest BCUT2D eigenvalue weighted by atomic mass is 10.2. The fraction of sp³-hybridized carbons (Fsp3) is 0.364. The van der Waals surface area contributed by atoms with Crippen molar-refractivity contribution >= 4 is 40.6 Å². The third-order valence-electron chi connectivity index (χ3n) is 5.50. The Hall–Kier alpha value is -2.51. The molecule has 7 heteroatoms. The van der Waals surface area contributed by atoms with Gasteiger partial charge in [-0.3, -0.25) is 9.59 Å². The van der Waals surface area contributed by atoms with Crippen molar-refractivity contribution in [2.24, 2.45) is 0 Å². The molecule has 4 rings (SSSR count). The number of fused-ring (bicyclic) bond motifs is 1. The van der Waals surface area contributed by atoms with Crippen molar-refractivity contribution in [1.29, 1.82) is 0 Å². The quantitative estimate of drug-likeness (QED) is 0.783. The molecule has 152 valence electrons. The number of hydrogen-bond acceptors (Lipinski definition) is 4. The number of nitrogens with zero attached hydrogens (tertiary/aromatic N) is 2. The first-order valence-electron chi connectivity index (χ1n) is 10.1. The van der Waals surface area contributed by atoms with Crippen LogP contribution in [-0.4, -0.2) is 57.3 Å². The minimum Gasteiger partial charge on any atom is -0.360 e. The van der Waals surface area contributed by atoms with Gasteiger partial charge in [-0.25, -0.2) is 0 Å². The summed E-state index contributed by atoms with van der Waals surface area (Å²) in [5.74, 6) is 0.401. The summed E-state index contributed by atoms with van der Waals surface area (Å²) in [5.41, 5.74) is 2.89. The number of hydrogen-bond donors (Lipinski definition) is 2. The highest BCUT2D eigenvalue weighted by Gasteiger charge is 2.24. The Morgan fingerprint density at radius 1 is 1.10 bits per heavy atom. The van der Waals surface area contributed by atoms with E-state index in [0.29, 0.717) is 12.3 Å². The number of amides is 2. The first-order valence-corrected chi connectivity index (χ1v) is 11.1. The zero-order valence-electron chi connectivity index (χ0n) is 16.7. The topological polar surface area (TPSA) is 57.1 Å². The first kappa shape index (κ1) is 19.8. The SMILES string of the molecule is C[NH+]1CCN(c2ccc(NC(=O)CCN3C(=O)CSc4ccccc43)cc2)CC1. The molecule has 2 N–H and O–H groups in total. The van der Waals surface area contributed by atoms with Crippen LogP contribution in [0, 0.1) is 0 Å². The van der Waals surface area contributed by atoms with Gasteiger partial charge in [0.15, 0.2) is 0 Å². The van der Waals surface area contributed by atoms with Crippen molar-refractivity contribution in [1.82, 2.24) is 0 Å². The van der Waals surface area contributed by atoms with Gasteiger partial charge in [0.1, 0.15) is 0 Å². The van der Waals surface area contributed by atoms with Crippen LogP contribution in [0.1, 0.15) is 6.42 Å². The molecular formula is C22H27N4O2S+. The van der Waals surface area contributed by atoms with Crippen molar-refractivity contribution in [3.63, 3.8) is 0 Å². The Labute approximate surface area is 175 Å². The van der Waals surface area contributed by atoms with Gasteiger partial charge in [-0.05, 0) is 36.4 Å². The van der Waals surface area contributed by atoms with E-state index < -0.39 is 0 Å². The maximum Gasteiger partial charge on any atom is 0.237 e. The predicted molar refractivity (Wildman–Crippen MR) is 118 cm³/mol. The van der Waals surface area contributed by atoms with E-state index in [4.69, 9.17) is 0 Å². The molecule has 0 unspecified atom stereocenters. The lowest BCUT2D eigenvalue weighted by molar-refractivity contribution is -0.880. The van der Waals surface area contributed by atoms with Crippen LogP contribution in [0.4, 0.5) is 17.1 Å². The van der Waals surface area contributed by atoms with Crippen LogP contribution in [-0.2, 0) is 9.59 Å². The van der Waals surface area contributed by atoms with Gasteiger partial charge < -0.3 is 20.0 Å². The van der Waals surface area contributed by atoms with Gasteiger partial charge in [0.2, 0.25) is 11.8 Å². The summed E-state index contributed by atoms with van der Waals surface area (Å²) in [5, 5.41) is 2.95. The Bertz CT molecular complexity index is 879. The average molecular weight is 412 g/mol. The molecule has 0 atom stereocenters. The Balaban J connectivity index is 1.32. The van der Waals surface area contributed by atoms with E-state index in [1.165, 1.54) is 5.69 Å². The normalized spacial score (nSPS) is 17.2. The minimum absolute atomic E-state index is 0.0554. The molecule has 0 aliphatic carbocycles. The van der Waals surface area contributed by atoms with Gasteiger partial charge in [0.05, 0.1) is 44.7 Å². The maximum atomic E-state index is 12.4. The molecule has 1 saturated heterocycles. The number of thioether (sulfide) groups is 1. The summed E-state index contributed by atoms with van der Waals surface area (Å²) in [4.78, 5) is 31.5. The van der Waals surface area contributed by atoms with E-state index in [2.05, 4.69) is 29.4 Å². The molecule has 2 amide bonds. The van der Waals surface area contributed by atoms with Crippen LogP contribution < -0.4 is 20.0 Å². The molecule has 2 aliphatic heterocycles. The molecule has 0 bridgehead atoms. The van der Waals surface area contributed by atoms with Crippen LogP contribution in [0.5, 0.6) is 0 Å². The summed E-state index contributed by atoms with van der Waals surface area (Å²) in [6.07, 6.45) is 0.272. The second kappa shape index (κ2) is 8.88. The summed E-state index contributed by atoms with van der Waals surface area (Å²) in [7, 11) is 2.23. The largest absolute Gasteiger partial charge is 0.360 e. The molecule has 2 aromatic carbocycles. The van der Waals surface area contributed by atoms with Crippen molar-refractivity contribution in [3.05, 3.63) is 48.5 Å². The fourth-order valence-corrected chi connectivity index (χ4v) is 4.67. The molecular weight excluding hydrogens is 384 g/mol. The highest BCUT2D eigenvalue weighted by atomic mass is 32.2. The molecule has 1 fully saturated rings. The number of anilines is 3. The van der Waals surface area contributed by atoms with Crippen LogP contribution in [0.25, 0.3) is 0 Å². The van der Waals surface area contributed by atoms with Crippen LogP contribution >= 0.6 is 11.8 Å². The molecule has 0 aromatic heterocycles. The summed E-state index contributed by atoms with van der Waals surface area (Å²) >= 11 is 1.55. The number of nitrogens with one attached hydrogen (secondary N) is 2. The monoisotopic (exact) mass is 411 g/mol. The smallest absolute Gasteiger partial charge is 0.237 e. The van der Waals surface area contributed by atoms with Crippen LogP contribution in [0.15, 0.2) is 53.4 Å². The molecule has 2 aromatic rings. The fourth-order valence-electron chi connectivity index (χ4n) is 3.74. The number of rotatable bonds is 5. The van der Waals surface area contributed by atoms with E-state index in [1.54, 1.807) is 21.6 Å². The number of benzene rings is 2. The van der Waals surface area contributed by atoms with Crippen molar-refractivity contribution in [3.8, 4) is 0 Å². The zero-order chi connectivity index (χ0) is 20.2. The third-order valence-corrected chi connectivity index (χ3v) is 6.55. The van der Waals surface area contributed by atoms with E-state index in [9.17, 15) is 9.59 Å². The number of piperazine rings is 1. The van der Waals surface area contributed by atoms with Gasteiger partial charge in [0.25, 0.3) is 0 Å². The Morgan fingerprint density at radius 3 is 2.59 bits per heavy atom. The second-order valence-electron chi connectivity index (χ2n) is 7.59. The molecule has 29 heavy (non-hydrogen) atoms. The molecule has 2 heterocycles. The van der Waals surface area contributed by atoms with Crippen molar-refractivity contribution in [2.45, 2.75) is 11.3 Å². The van der Waals surface area contributed by atoms with Gasteiger partial charge in [-0.15, -0.1) is 11.8 Å².